The summed E-state index contributed by atoms with van der Waals surface area (Å²) in [6.07, 6.45) is 1.15. The van der Waals surface area contributed by atoms with Crippen LogP contribution in [0.15, 0.2) is 57.9 Å². The minimum Gasteiger partial charge on any atom is -0.355 e. The van der Waals surface area contributed by atoms with Crippen LogP contribution in [0.2, 0.25) is 0 Å². The van der Waals surface area contributed by atoms with Gasteiger partial charge in [-0.2, -0.15) is 0 Å². The smallest absolute Gasteiger partial charge is 0.279 e. The molecule has 0 saturated carbocycles. The topological polar surface area (TPSA) is 102 Å². The van der Waals surface area contributed by atoms with E-state index in [9.17, 15) is 13.2 Å². The number of aryl methyl sites for hydroxylation is 1. The average molecular weight is 413 g/mol. The number of aromatic nitrogens is 2. The highest BCUT2D eigenvalue weighted by molar-refractivity contribution is 7.90. The summed E-state index contributed by atoms with van der Waals surface area (Å²) in [6.45, 7) is 1.99. The molecule has 0 atom stereocenters. The standard InChI is InChI=1S/C19H15N3O4S2/c1-11-3-5-12(6-4-11)16-10-15(22-26-16)18(23)21-19-20-14-8-7-13(28(2,24)25)9-17(14)27-19/h3-10H,1-2H3,(H,20,21,23). The van der Waals surface area contributed by atoms with E-state index in [1.54, 1.807) is 18.2 Å². The fourth-order valence-corrected chi connectivity index (χ4v) is 4.21. The molecule has 2 aromatic heterocycles. The van der Waals surface area contributed by atoms with E-state index in [-0.39, 0.29) is 10.6 Å². The van der Waals surface area contributed by atoms with Gasteiger partial charge in [-0.1, -0.05) is 46.3 Å². The van der Waals surface area contributed by atoms with Crippen molar-refractivity contribution < 1.29 is 17.7 Å². The molecule has 0 aliphatic carbocycles. The Morgan fingerprint density at radius 2 is 1.86 bits per heavy atom. The van der Waals surface area contributed by atoms with Gasteiger partial charge in [0.2, 0.25) is 0 Å². The molecule has 0 spiro atoms. The lowest BCUT2D eigenvalue weighted by Crippen LogP contribution is -2.11. The maximum Gasteiger partial charge on any atom is 0.279 e. The van der Waals surface area contributed by atoms with Crippen molar-refractivity contribution in [2.24, 2.45) is 0 Å². The summed E-state index contributed by atoms with van der Waals surface area (Å²) in [5.74, 6) is 0.0387. The SMILES string of the molecule is Cc1ccc(-c2cc(C(=O)Nc3nc4ccc(S(C)(=O)=O)cc4s3)no2)cc1. The molecule has 0 aliphatic rings. The summed E-state index contributed by atoms with van der Waals surface area (Å²) in [5, 5.41) is 6.85. The van der Waals surface area contributed by atoms with Gasteiger partial charge in [-0.25, -0.2) is 13.4 Å². The van der Waals surface area contributed by atoms with Crippen LogP contribution in [-0.4, -0.2) is 30.7 Å². The van der Waals surface area contributed by atoms with Crippen LogP contribution < -0.4 is 5.32 Å². The van der Waals surface area contributed by atoms with Gasteiger partial charge in [0, 0.05) is 17.9 Å². The molecule has 4 aromatic rings. The molecule has 0 saturated heterocycles. The van der Waals surface area contributed by atoms with Crippen molar-refractivity contribution in [1.29, 1.82) is 0 Å². The number of nitrogens with one attached hydrogen (secondary N) is 1. The Labute approximate surface area is 164 Å². The van der Waals surface area contributed by atoms with E-state index < -0.39 is 15.7 Å². The van der Waals surface area contributed by atoms with Crippen molar-refractivity contribution >= 4 is 42.4 Å². The van der Waals surface area contributed by atoms with Gasteiger partial charge in [0.05, 0.1) is 15.1 Å². The third-order valence-electron chi connectivity index (χ3n) is 4.09. The van der Waals surface area contributed by atoms with Crippen molar-refractivity contribution in [3.8, 4) is 11.3 Å². The van der Waals surface area contributed by atoms with Gasteiger partial charge in [0.25, 0.3) is 5.91 Å². The van der Waals surface area contributed by atoms with Gasteiger partial charge < -0.3 is 4.52 Å². The fraction of sp³-hybridized carbons (Fsp3) is 0.105. The Kier molecular flexibility index (Phi) is 4.48. The summed E-state index contributed by atoms with van der Waals surface area (Å²) in [4.78, 5) is 17.0. The highest BCUT2D eigenvalue weighted by atomic mass is 32.2. The number of amides is 1. The average Bonchev–Trinajstić information content (AvgIpc) is 3.27. The molecule has 7 nitrogen and oxygen atoms in total. The van der Waals surface area contributed by atoms with Crippen molar-refractivity contribution in [3.63, 3.8) is 0 Å². The maximum absolute atomic E-state index is 12.5. The number of anilines is 1. The third-order valence-corrected chi connectivity index (χ3v) is 6.13. The predicted octanol–water partition coefficient (Wildman–Crippen LogP) is 3.92. The van der Waals surface area contributed by atoms with E-state index in [2.05, 4.69) is 15.5 Å². The second-order valence-corrected chi connectivity index (χ2v) is 9.36. The molecular formula is C19H15N3O4S2. The first-order valence-corrected chi connectivity index (χ1v) is 11.0. The molecule has 2 aromatic carbocycles. The van der Waals surface area contributed by atoms with Crippen LogP contribution >= 0.6 is 11.3 Å². The minimum atomic E-state index is -3.31. The zero-order valence-corrected chi connectivity index (χ0v) is 16.6. The molecule has 142 valence electrons. The molecule has 9 heteroatoms. The number of benzene rings is 2. The van der Waals surface area contributed by atoms with Crippen molar-refractivity contribution in [2.75, 3.05) is 11.6 Å². The molecule has 0 unspecified atom stereocenters. The number of fused-ring (bicyclic) bond motifs is 1. The van der Waals surface area contributed by atoms with Gasteiger partial charge >= 0.3 is 0 Å². The van der Waals surface area contributed by atoms with E-state index in [0.29, 0.717) is 21.1 Å². The van der Waals surface area contributed by atoms with Crippen molar-refractivity contribution in [3.05, 3.63) is 59.8 Å². The summed E-state index contributed by atoms with van der Waals surface area (Å²) in [6, 6.07) is 13.9. The molecule has 1 N–H and O–H groups in total. The van der Waals surface area contributed by atoms with E-state index in [0.717, 1.165) is 17.4 Å². The Bertz CT molecular complexity index is 1290. The highest BCUT2D eigenvalue weighted by Crippen LogP contribution is 2.29. The Morgan fingerprint density at radius 3 is 2.57 bits per heavy atom. The second-order valence-electron chi connectivity index (χ2n) is 6.32. The first-order valence-electron chi connectivity index (χ1n) is 8.25. The van der Waals surface area contributed by atoms with Gasteiger partial charge in [-0.15, -0.1) is 0 Å². The third kappa shape index (κ3) is 3.67. The number of carbonyl (C=O) groups is 1. The molecule has 2 heterocycles. The minimum absolute atomic E-state index is 0.131. The normalized spacial score (nSPS) is 11.6. The van der Waals surface area contributed by atoms with Crippen LogP contribution in [0.3, 0.4) is 0 Å². The number of hydrogen-bond acceptors (Lipinski definition) is 7. The van der Waals surface area contributed by atoms with E-state index in [4.69, 9.17) is 4.52 Å². The van der Waals surface area contributed by atoms with Gasteiger partial charge in [0.15, 0.2) is 26.4 Å². The highest BCUT2D eigenvalue weighted by Gasteiger charge is 2.16. The number of thiazole rings is 1. The molecule has 28 heavy (non-hydrogen) atoms. The van der Waals surface area contributed by atoms with Crippen LogP contribution in [0.1, 0.15) is 16.1 Å². The van der Waals surface area contributed by atoms with Crippen molar-refractivity contribution in [2.45, 2.75) is 11.8 Å². The molecule has 0 aliphatic heterocycles. The molecular weight excluding hydrogens is 398 g/mol. The molecule has 4 rings (SSSR count). The van der Waals surface area contributed by atoms with Crippen LogP contribution in [-0.2, 0) is 9.84 Å². The predicted molar refractivity (Wildman–Crippen MR) is 107 cm³/mol. The Balaban J connectivity index is 1.56. The van der Waals surface area contributed by atoms with Crippen LogP contribution in [0.5, 0.6) is 0 Å². The lowest BCUT2D eigenvalue weighted by Gasteiger charge is -1.96. The maximum atomic E-state index is 12.5. The largest absolute Gasteiger partial charge is 0.355 e. The van der Waals surface area contributed by atoms with E-state index in [1.165, 1.54) is 17.4 Å². The molecule has 0 bridgehead atoms. The first kappa shape index (κ1) is 18.3. The lowest BCUT2D eigenvalue weighted by molar-refractivity contribution is 0.101. The van der Waals surface area contributed by atoms with E-state index in [1.807, 2.05) is 31.2 Å². The monoisotopic (exact) mass is 413 g/mol. The van der Waals surface area contributed by atoms with Crippen LogP contribution in [0.25, 0.3) is 21.5 Å². The number of sulfone groups is 1. The lowest BCUT2D eigenvalue weighted by atomic mass is 10.1. The zero-order valence-electron chi connectivity index (χ0n) is 15.0. The number of carbonyl (C=O) groups excluding carboxylic acids is 1. The summed E-state index contributed by atoms with van der Waals surface area (Å²) < 4.78 is 29.3. The zero-order chi connectivity index (χ0) is 19.9. The fourth-order valence-electron chi connectivity index (χ4n) is 2.59. The van der Waals surface area contributed by atoms with Gasteiger partial charge in [-0.3, -0.25) is 10.1 Å². The summed E-state index contributed by atoms with van der Waals surface area (Å²) >= 11 is 1.19. The second kappa shape index (κ2) is 6.84. The van der Waals surface area contributed by atoms with Crippen LogP contribution in [0, 0.1) is 6.92 Å². The quantitative estimate of drug-likeness (QED) is 0.544. The van der Waals surface area contributed by atoms with Gasteiger partial charge in [0.1, 0.15) is 0 Å². The van der Waals surface area contributed by atoms with E-state index >= 15 is 0 Å². The Hall–Kier alpha value is -3.04. The Morgan fingerprint density at radius 1 is 1.11 bits per heavy atom. The summed E-state index contributed by atoms with van der Waals surface area (Å²) in [5.41, 5.74) is 2.68. The number of rotatable bonds is 4. The van der Waals surface area contributed by atoms with Crippen molar-refractivity contribution in [1.82, 2.24) is 10.1 Å². The number of hydrogen-bond donors (Lipinski definition) is 1. The number of nitrogens with zero attached hydrogens (tertiary/aromatic N) is 2. The van der Waals surface area contributed by atoms with Gasteiger partial charge in [-0.05, 0) is 25.1 Å². The first-order chi connectivity index (χ1) is 13.3. The molecule has 1 amide bonds. The molecule has 0 fully saturated rings. The van der Waals surface area contributed by atoms with Crippen LogP contribution in [0.4, 0.5) is 5.13 Å². The summed E-state index contributed by atoms with van der Waals surface area (Å²) in [7, 11) is -3.31. The molecule has 0 radical (unpaired) electrons.